The van der Waals surface area contributed by atoms with E-state index in [1.807, 2.05) is 31.6 Å². The quantitative estimate of drug-likeness (QED) is 0.792. The Balaban J connectivity index is 2.20. The molecule has 6 heteroatoms. The first-order valence-corrected chi connectivity index (χ1v) is 8.22. The summed E-state index contributed by atoms with van der Waals surface area (Å²) in [4.78, 5) is 14.1. The lowest BCUT2D eigenvalue weighted by Gasteiger charge is -2.28. The predicted octanol–water partition coefficient (Wildman–Crippen LogP) is 4.30. The van der Waals surface area contributed by atoms with Gasteiger partial charge in [0.25, 0.3) is 0 Å². The van der Waals surface area contributed by atoms with Crippen LogP contribution < -0.4 is 0 Å². The van der Waals surface area contributed by atoms with Gasteiger partial charge in [0.1, 0.15) is 5.60 Å². The van der Waals surface area contributed by atoms with Crippen LogP contribution in [-0.2, 0) is 4.74 Å². The van der Waals surface area contributed by atoms with Gasteiger partial charge in [-0.25, -0.2) is 4.79 Å². The third-order valence-corrected chi connectivity index (χ3v) is 4.05. The van der Waals surface area contributed by atoms with Gasteiger partial charge in [0.05, 0.1) is 16.2 Å². The van der Waals surface area contributed by atoms with E-state index in [9.17, 15) is 4.79 Å². The summed E-state index contributed by atoms with van der Waals surface area (Å²) in [5, 5.41) is 4.64. The number of aromatic nitrogens is 2. The minimum absolute atomic E-state index is 0.00535. The Kier molecular flexibility index (Phi) is 4.66. The fourth-order valence-electron chi connectivity index (χ4n) is 2.46. The Bertz CT molecular complexity index is 519. The van der Waals surface area contributed by atoms with Crippen molar-refractivity contribution in [1.29, 1.82) is 0 Å². The molecule has 0 unspecified atom stereocenters. The van der Waals surface area contributed by atoms with E-state index in [-0.39, 0.29) is 12.1 Å². The highest BCUT2D eigenvalue weighted by Gasteiger charge is 2.35. The standard InChI is InChI=1S/C15H24BrN3O2/c1-10(2)19-9-11(16)13(17-19)12-7-6-8-18(12)14(20)21-15(3,4)5/h9-10,12H,6-8H2,1-5H3/t12-/m1/s1. The van der Waals surface area contributed by atoms with Gasteiger partial charge in [0.15, 0.2) is 0 Å². The normalized spacial score (nSPS) is 19.4. The summed E-state index contributed by atoms with van der Waals surface area (Å²) < 4.78 is 8.38. The van der Waals surface area contributed by atoms with E-state index >= 15 is 0 Å². The second kappa shape index (κ2) is 5.99. The van der Waals surface area contributed by atoms with Crippen molar-refractivity contribution in [2.75, 3.05) is 6.54 Å². The molecule has 1 amide bonds. The fraction of sp³-hybridized carbons (Fsp3) is 0.733. The number of amides is 1. The van der Waals surface area contributed by atoms with Crippen LogP contribution in [0, 0.1) is 0 Å². The Morgan fingerprint density at radius 2 is 2.14 bits per heavy atom. The van der Waals surface area contributed by atoms with Crippen molar-refractivity contribution in [3.63, 3.8) is 0 Å². The predicted molar refractivity (Wildman–Crippen MR) is 85.2 cm³/mol. The summed E-state index contributed by atoms with van der Waals surface area (Å²) in [5.41, 5.74) is 0.450. The van der Waals surface area contributed by atoms with Gasteiger partial charge in [-0.3, -0.25) is 9.58 Å². The van der Waals surface area contributed by atoms with Crippen LogP contribution in [0.4, 0.5) is 4.79 Å². The molecular weight excluding hydrogens is 334 g/mol. The Morgan fingerprint density at radius 1 is 1.48 bits per heavy atom. The maximum absolute atomic E-state index is 12.4. The molecule has 0 radical (unpaired) electrons. The van der Waals surface area contributed by atoms with Crippen LogP contribution in [0.5, 0.6) is 0 Å². The highest BCUT2D eigenvalue weighted by Crippen LogP contribution is 2.36. The Hall–Kier alpha value is -1.04. The minimum Gasteiger partial charge on any atom is -0.444 e. The lowest BCUT2D eigenvalue weighted by atomic mass is 10.1. The summed E-state index contributed by atoms with van der Waals surface area (Å²) >= 11 is 3.57. The first kappa shape index (κ1) is 16.3. The zero-order chi connectivity index (χ0) is 15.8. The lowest BCUT2D eigenvalue weighted by molar-refractivity contribution is 0.0220. The molecule has 1 atom stereocenters. The van der Waals surface area contributed by atoms with Crippen LogP contribution in [0.3, 0.4) is 0 Å². The van der Waals surface area contributed by atoms with Crippen molar-refractivity contribution in [2.45, 2.75) is 65.1 Å². The third kappa shape index (κ3) is 3.78. The van der Waals surface area contributed by atoms with Crippen molar-refractivity contribution in [3.8, 4) is 0 Å². The summed E-state index contributed by atoms with van der Waals surface area (Å²) in [6.45, 7) is 10.6. The Morgan fingerprint density at radius 3 is 2.67 bits per heavy atom. The van der Waals surface area contributed by atoms with Gasteiger partial charge in [0, 0.05) is 18.8 Å². The highest BCUT2D eigenvalue weighted by atomic mass is 79.9. The van der Waals surface area contributed by atoms with Gasteiger partial charge in [-0.1, -0.05) is 0 Å². The molecule has 1 aliphatic heterocycles. The number of ether oxygens (including phenoxy) is 1. The molecule has 2 rings (SSSR count). The van der Waals surface area contributed by atoms with E-state index in [4.69, 9.17) is 4.74 Å². The molecule has 2 heterocycles. The zero-order valence-electron chi connectivity index (χ0n) is 13.4. The van der Waals surface area contributed by atoms with Crippen molar-refractivity contribution in [2.24, 2.45) is 0 Å². The van der Waals surface area contributed by atoms with E-state index in [0.717, 1.165) is 29.6 Å². The number of halogens is 1. The van der Waals surface area contributed by atoms with E-state index in [1.165, 1.54) is 0 Å². The second-order valence-electron chi connectivity index (χ2n) is 6.77. The summed E-state index contributed by atoms with van der Waals surface area (Å²) in [5.74, 6) is 0. The van der Waals surface area contributed by atoms with Crippen molar-refractivity contribution in [1.82, 2.24) is 14.7 Å². The number of carbonyl (C=O) groups excluding carboxylic acids is 1. The smallest absolute Gasteiger partial charge is 0.410 e. The molecule has 1 fully saturated rings. The molecule has 0 spiro atoms. The first-order chi connectivity index (χ1) is 9.69. The monoisotopic (exact) mass is 357 g/mol. The molecular formula is C15H24BrN3O2. The molecule has 0 bridgehead atoms. The van der Waals surface area contributed by atoms with Gasteiger partial charge < -0.3 is 4.74 Å². The van der Waals surface area contributed by atoms with E-state index in [1.54, 1.807) is 4.90 Å². The molecule has 1 saturated heterocycles. The fourth-order valence-corrected chi connectivity index (χ4v) is 3.02. The molecule has 1 aromatic rings. The molecule has 1 aliphatic rings. The van der Waals surface area contributed by atoms with Crippen molar-refractivity contribution >= 4 is 22.0 Å². The Labute approximate surface area is 134 Å². The summed E-state index contributed by atoms with van der Waals surface area (Å²) in [6.07, 6.45) is 3.62. The van der Waals surface area contributed by atoms with Gasteiger partial charge in [0.2, 0.25) is 0 Å². The molecule has 5 nitrogen and oxygen atoms in total. The molecule has 0 saturated carbocycles. The molecule has 0 N–H and O–H groups in total. The number of carbonyl (C=O) groups is 1. The SMILES string of the molecule is CC(C)n1cc(Br)c([C@H]2CCCN2C(=O)OC(C)(C)C)n1. The van der Waals surface area contributed by atoms with Crippen LogP contribution in [-0.4, -0.2) is 32.9 Å². The maximum atomic E-state index is 12.4. The summed E-state index contributed by atoms with van der Waals surface area (Å²) in [7, 11) is 0. The van der Waals surface area contributed by atoms with Gasteiger partial charge >= 0.3 is 6.09 Å². The molecule has 0 aromatic carbocycles. The van der Waals surface area contributed by atoms with Crippen LogP contribution in [0.2, 0.25) is 0 Å². The number of nitrogens with zero attached hydrogens (tertiary/aromatic N) is 3. The van der Waals surface area contributed by atoms with E-state index in [0.29, 0.717) is 6.04 Å². The van der Waals surface area contributed by atoms with Gasteiger partial charge in [-0.2, -0.15) is 5.10 Å². The van der Waals surface area contributed by atoms with Crippen LogP contribution in [0.1, 0.15) is 65.2 Å². The largest absolute Gasteiger partial charge is 0.444 e. The van der Waals surface area contributed by atoms with E-state index < -0.39 is 5.60 Å². The highest BCUT2D eigenvalue weighted by molar-refractivity contribution is 9.10. The molecule has 1 aromatic heterocycles. The first-order valence-electron chi connectivity index (χ1n) is 7.43. The average Bonchev–Trinajstić information content (AvgIpc) is 2.92. The average molecular weight is 358 g/mol. The lowest BCUT2D eigenvalue weighted by Crippen LogP contribution is -2.36. The second-order valence-corrected chi connectivity index (χ2v) is 7.62. The van der Waals surface area contributed by atoms with Crippen LogP contribution >= 0.6 is 15.9 Å². The molecule has 0 aliphatic carbocycles. The molecule has 21 heavy (non-hydrogen) atoms. The summed E-state index contributed by atoms with van der Waals surface area (Å²) in [6, 6.07) is 0.292. The topological polar surface area (TPSA) is 47.4 Å². The number of hydrogen-bond acceptors (Lipinski definition) is 3. The third-order valence-electron chi connectivity index (χ3n) is 3.44. The zero-order valence-corrected chi connectivity index (χ0v) is 15.0. The van der Waals surface area contributed by atoms with Crippen molar-refractivity contribution < 1.29 is 9.53 Å². The number of rotatable bonds is 2. The van der Waals surface area contributed by atoms with Crippen LogP contribution in [0.25, 0.3) is 0 Å². The number of hydrogen-bond donors (Lipinski definition) is 0. The van der Waals surface area contributed by atoms with Gasteiger partial charge in [-0.15, -0.1) is 0 Å². The minimum atomic E-state index is -0.473. The number of likely N-dealkylation sites (tertiary alicyclic amines) is 1. The van der Waals surface area contributed by atoms with E-state index in [2.05, 4.69) is 34.9 Å². The van der Waals surface area contributed by atoms with Crippen molar-refractivity contribution in [3.05, 3.63) is 16.4 Å². The molecule has 118 valence electrons. The maximum Gasteiger partial charge on any atom is 0.410 e. The van der Waals surface area contributed by atoms with Crippen LogP contribution in [0.15, 0.2) is 10.7 Å². The van der Waals surface area contributed by atoms with Gasteiger partial charge in [-0.05, 0) is 63.4 Å².